The monoisotopic (exact) mass is 516 g/mol. The minimum Gasteiger partial charge on any atom is -0.455 e. The number of carbonyl (C=O) groups is 4. The molecule has 4 heterocycles. The number of hydrazone groups is 1. The van der Waals surface area contributed by atoms with E-state index in [2.05, 4.69) is 15.1 Å². The van der Waals surface area contributed by atoms with E-state index in [1.807, 2.05) is 0 Å². The lowest BCUT2D eigenvalue weighted by Gasteiger charge is -2.25. The van der Waals surface area contributed by atoms with Gasteiger partial charge in [-0.1, -0.05) is 0 Å². The van der Waals surface area contributed by atoms with Crippen LogP contribution in [0, 0.1) is 0 Å². The number of esters is 2. The molecule has 2 aliphatic rings. The number of rotatable bonds is 10. The highest BCUT2D eigenvalue weighted by Crippen LogP contribution is 2.39. The van der Waals surface area contributed by atoms with Crippen molar-refractivity contribution in [1.29, 1.82) is 0 Å². The van der Waals surface area contributed by atoms with Crippen LogP contribution in [0.3, 0.4) is 0 Å². The number of hydrogen-bond acceptors (Lipinski definition) is 13. The number of aliphatic hydroxyl groups is 1. The fourth-order valence-electron chi connectivity index (χ4n) is 4.29. The van der Waals surface area contributed by atoms with Gasteiger partial charge in [0, 0.05) is 31.6 Å². The van der Waals surface area contributed by atoms with Crippen molar-refractivity contribution in [3.8, 4) is 0 Å². The summed E-state index contributed by atoms with van der Waals surface area (Å²) in [6, 6.07) is 0. The number of nitrogens with zero attached hydrogens (tertiary/aromatic N) is 5. The average Bonchev–Trinajstić information content (AvgIpc) is 3.39. The molecule has 2 aromatic rings. The minimum absolute atomic E-state index is 0.0277. The first-order valence-corrected chi connectivity index (χ1v) is 11.7. The molecule has 198 valence electrons. The molecule has 0 bridgehead atoms. The lowest BCUT2D eigenvalue weighted by Crippen LogP contribution is -2.40. The van der Waals surface area contributed by atoms with Gasteiger partial charge in [0.05, 0.1) is 24.8 Å². The Morgan fingerprint density at radius 2 is 1.65 bits per heavy atom. The molecule has 4 rings (SSSR count). The van der Waals surface area contributed by atoms with Crippen LogP contribution in [-0.2, 0) is 33.4 Å². The Morgan fingerprint density at radius 1 is 1.03 bits per heavy atom. The maximum atomic E-state index is 12.6. The molecule has 4 atom stereocenters. The second-order valence-corrected chi connectivity index (χ2v) is 8.92. The molecule has 0 amide bonds. The molecule has 1 fully saturated rings. The third-order valence-electron chi connectivity index (χ3n) is 6.07. The quantitative estimate of drug-likeness (QED) is 0.401. The SMILES string of the molecule is CC(=O)CCC(=O)OC1C(OC(=O)CCC(C)=O)[C@@H](CO)O[C@H]1n1cc2c3c(ncnc31)N(C)N=C2N. The van der Waals surface area contributed by atoms with E-state index in [0.29, 0.717) is 22.4 Å². The largest absolute Gasteiger partial charge is 0.455 e. The van der Waals surface area contributed by atoms with Crippen LogP contribution in [0.2, 0.25) is 0 Å². The number of nitrogens with two attached hydrogens (primary N) is 1. The highest BCUT2D eigenvalue weighted by Gasteiger charge is 2.51. The molecule has 3 N–H and O–H groups in total. The molecule has 37 heavy (non-hydrogen) atoms. The van der Waals surface area contributed by atoms with Crippen molar-refractivity contribution in [2.75, 3.05) is 18.7 Å². The Labute approximate surface area is 211 Å². The van der Waals surface area contributed by atoms with Crippen LogP contribution in [0.25, 0.3) is 11.0 Å². The van der Waals surface area contributed by atoms with Crippen LogP contribution in [0.4, 0.5) is 5.82 Å². The summed E-state index contributed by atoms with van der Waals surface area (Å²) in [5, 5.41) is 16.4. The van der Waals surface area contributed by atoms with Crippen molar-refractivity contribution in [2.24, 2.45) is 10.8 Å². The fraction of sp³-hybridized carbons (Fsp3) is 0.522. The fourth-order valence-corrected chi connectivity index (χ4v) is 4.29. The van der Waals surface area contributed by atoms with Gasteiger partial charge in [-0.25, -0.2) is 15.0 Å². The van der Waals surface area contributed by atoms with E-state index in [9.17, 15) is 24.3 Å². The highest BCUT2D eigenvalue weighted by molar-refractivity contribution is 6.13. The molecule has 1 saturated heterocycles. The van der Waals surface area contributed by atoms with Gasteiger partial charge in [0.2, 0.25) is 0 Å². The number of amidine groups is 1. The van der Waals surface area contributed by atoms with Gasteiger partial charge in [0.15, 0.2) is 30.1 Å². The van der Waals surface area contributed by atoms with Crippen LogP contribution in [0.15, 0.2) is 17.6 Å². The van der Waals surface area contributed by atoms with Gasteiger partial charge in [-0.3, -0.25) is 9.59 Å². The van der Waals surface area contributed by atoms with Crippen molar-refractivity contribution in [1.82, 2.24) is 14.5 Å². The summed E-state index contributed by atoms with van der Waals surface area (Å²) in [5.74, 6) is -1.13. The topological polar surface area (TPSA) is 189 Å². The number of anilines is 1. The first kappa shape index (κ1) is 26.2. The zero-order valence-corrected chi connectivity index (χ0v) is 20.6. The molecule has 14 heteroatoms. The van der Waals surface area contributed by atoms with Gasteiger partial charge in [0.25, 0.3) is 0 Å². The van der Waals surface area contributed by atoms with Gasteiger partial charge in [-0.05, 0) is 13.8 Å². The van der Waals surface area contributed by atoms with Gasteiger partial charge in [-0.2, -0.15) is 5.10 Å². The third kappa shape index (κ3) is 5.29. The van der Waals surface area contributed by atoms with Gasteiger partial charge >= 0.3 is 11.9 Å². The predicted octanol–water partition coefficient (Wildman–Crippen LogP) is -0.0469. The Bertz CT molecular complexity index is 1270. The van der Waals surface area contributed by atoms with Crippen LogP contribution in [-0.4, -0.2) is 80.9 Å². The summed E-state index contributed by atoms with van der Waals surface area (Å²) in [7, 11) is 1.68. The molecule has 14 nitrogen and oxygen atoms in total. The van der Waals surface area contributed by atoms with Crippen molar-refractivity contribution in [2.45, 2.75) is 64.1 Å². The van der Waals surface area contributed by atoms with Crippen molar-refractivity contribution < 1.29 is 38.5 Å². The van der Waals surface area contributed by atoms with Crippen molar-refractivity contribution >= 4 is 46.2 Å². The Balaban J connectivity index is 1.72. The summed E-state index contributed by atoms with van der Waals surface area (Å²) in [6.45, 7) is 2.15. The second kappa shape index (κ2) is 10.6. The number of ether oxygens (including phenoxy) is 3. The van der Waals surface area contributed by atoms with Crippen LogP contribution in [0.5, 0.6) is 0 Å². The zero-order chi connectivity index (χ0) is 26.9. The minimum atomic E-state index is -1.21. The van der Waals surface area contributed by atoms with Gasteiger partial charge < -0.3 is 39.2 Å². The molecule has 2 aromatic heterocycles. The van der Waals surface area contributed by atoms with Crippen LogP contribution < -0.4 is 10.7 Å². The molecule has 0 saturated carbocycles. The van der Waals surface area contributed by atoms with Gasteiger partial charge in [0.1, 0.15) is 29.6 Å². The first-order valence-electron chi connectivity index (χ1n) is 11.7. The summed E-state index contributed by atoms with van der Waals surface area (Å²) in [4.78, 5) is 56.4. The number of hydrogen-bond donors (Lipinski definition) is 2. The summed E-state index contributed by atoms with van der Waals surface area (Å²) in [5.41, 5.74) is 7.05. The predicted molar refractivity (Wildman–Crippen MR) is 127 cm³/mol. The van der Waals surface area contributed by atoms with E-state index < -0.39 is 43.1 Å². The molecule has 2 aliphatic heterocycles. The molecular formula is C23H28N6O8. The smallest absolute Gasteiger partial charge is 0.306 e. The number of Topliss-reactive ketones (excluding diaryl/α,β-unsaturated/α-hetero) is 2. The van der Waals surface area contributed by atoms with E-state index in [1.54, 1.807) is 17.8 Å². The first-order chi connectivity index (χ1) is 17.6. The number of aromatic nitrogens is 3. The average molecular weight is 517 g/mol. The third-order valence-corrected chi connectivity index (χ3v) is 6.07. The van der Waals surface area contributed by atoms with E-state index >= 15 is 0 Å². The van der Waals surface area contributed by atoms with Gasteiger partial charge in [-0.15, -0.1) is 0 Å². The van der Waals surface area contributed by atoms with E-state index in [-0.39, 0.29) is 43.1 Å². The maximum absolute atomic E-state index is 12.6. The summed E-state index contributed by atoms with van der Waals surface area (Å²) >= 11 is 0. The highest BCUT2D eigenvalue weighted by atomic mass is 16.6. The summed E-state index contributed by atoms with van der Waals surface area (Å²) < 4.78 is 18.8. The Kier molecular flexibility index (Phi) is 7.50. The molecule has 2 unspecified atom stereocenters. The molecule has 0 aromatic carbocycles. The number of carbonyl (C=O) groups excluding carboxylic acids is 4. The molecule has 0 radical (unpaired) electrons. The Morgan fingerprint density at radius 3 is 2.24 bits per heavy atom. The lowest BCUT2D eigenvalue weighted by atomic mass is 10.1. The lowest BCUT2D eigenvalue weighted by molar-refractivity contribution is -0.169. The van der Waals surface area contributed by atoms with E-state index in [1.165, 1.54) is 25.2 Å². The maximum Gasteiger partial charge on any atom is 0.306 e. The standard InChI is InChI=1S/C23H28N6O8/c1-11(31)4-6-15(33)36-18-14(9-30)35-23(19(18)37-16(34)7-5-12(2)32)29-8-13-17-21(25-10-26-22(17)29)28(3)27-20(13)24/h8,10,14,18-19,23,30H,4-7,9H2,1-3H3,(H2,24,27)/t14-,18?,19?,23-/m1/s1. The normalized spacial score (nSPS) is 22.6. The summed E-state index contributed by atoms with van der Waals surface area (Å²) in [6.07, 6.45) is -2.05. The van der Waals surface area contributed by atoms with Crippen molar-refractivity contribution in [3.05, 3.63) is 18.1 Å². The second-order valence-electron chi connectivity index (χ2n) is 8.92. The van der Waals surface area contributed by atoms with Crippen LogP contribution in [0.1, 0.15) is 51.3 Å². The number of ketones is 2. The number of aliphatic hydroxyl groups excluding tert-OH is 1. The van der Waals surface area contributed by atoms with E-state index in [0.717, 1.165) is 0 Å². The zero-order valence-electron chi connectivity index (χ0n) is 20.6. The van der Waals surface area contributed by atoms with E-state index in [4.69, 9.17) is 19.9 Å². The van der Waals surface area contributed by atoms with Crippen LogP contribution >= 0.6 is 0 Å². The van der Waals surface area contributed by atoms with Crippen molar-refractivity contribution in [3.63, 3.8) is 0 Å². The Hall–Kier alpha value is -3.91. The molecular weight excluding hydrogens is 488 g/mol. The molecule has 0 spiro atoms. The molecule has 0 aliphatic carbocycles.